The van der Waals surface area contributed by atoms with E-state index in [9.17, 15) is 4.79 Å². The normalized spacial score (nSPS) is 24.4. The highest BCUT2D eigenvalue weighted by atomic mass is 17.1. The zero-order valence-electron chi connectivity index (χ0n) is 10.9. The molecule has 0 aromatic heterocycles. The van der Waals surface area contributed by atoms with Crippen molar-refractivity contribution in [2.75, 3.05) is 6.61 Å². The average molecular weight is 242 g/mol. The molecule has 0 radical (unpaired) electrons. The third-order valence-electron chi connectivity index (χ3n) is 3.39. The number of hydrogen-bond acceptors (Lipinski definition) is 4. The van der Waals surface area contributed by atoms with E-state index in [1.54, 1.807) is 6.92 Å². The molecule has 1 aliphatic carbocycles. The highest BCUT2D eigenvalue weighted by molar-refractivity contribution is 5.95. The molecule has 0 aliphatic heterocycles. The van der Waals surface area contributed by atoms with Crippen LogP contribution in [0.3, 0.4) is 0 Å². The van der Waals surface area contributed by atoms with Crippen molar-refractivity contribution in [2.45, 2.75) is 52.2 Å². The third-order valence-corrected chi connectivity index (χ3v) is 3.39. The van der Waals surface area contributed by atoms with Crippen LogP contribution in [0, 0.1) is 5.92 Å². The molecular weight excluding hydrogens is 220 g/mol. The van der Waals surface area contributed by atoms with Gasteiger partial charge in [0, 0.05) is 12.3 Å². The fraction of sp³-hybridized carbons (Fsp3) is 0.769. The van der Waals surface area contributed by atoms with Gasteiger partial charge in [0.2, 0.25) is 5.79 Å². The van der Waals surface area contributed by atoms with Gasteiger partial charge in [-0.1, -0.05) is 19.4 Å². The van der Waals surface area contributed by atoms with Gasteiger partial charge in [0.15, 0.2) is 5.78 Å². The lowest BCUT2D eigenvalue weighted by Crippen LogP contribution is -2.42. The van der Waals surface area contributed by atoms with E-state index < -0.39 is 5.79 Å². The van der Waals surface area contributed by atoms with Crippen LogP contribution in [-0.2, 0) is 14.4 Å². The molecule has 2 atom stereocenters. The largest absolute Gasteiger partial charge is 0.347 e. The van der Waals surface area contributed by atoms with Gasteiger partial charge in [-0.25, -0.2) is 10.1 Å². The third kappa shape index (κ3) is 3.63. The first kappa shape index (κ1) is 14.4. The van der Waals surface area contributed by atoms with E-state index in [0.29, 0.717) is 19.4 Å². The summed E-state index contributed by atoms with van der Waals surface area (Å²) in [6.45, 7) is 6.10. The number of Topliss-reactive ketones (excluding diaryl/α,β-unsaturated/α-hetero) is 1. The van der Waals surface area contributed by atoms with Crippen LogP contribution >= 0.6 is 0 Å². The summed E-state index contributed by atoms with van der Waals surface area (Å²) in [4.78, 5) is 16.1. The maximum absolute atomic E-state index is 11.6. The maximum Gasteiger partial charge on any atom is 0.202 e. The van der Waals surface area contributed by atoms with E-state index in [1.165, 1.54) is 0 Å². The van der Waals surface area contributed by atoms with Gasteiger partial charge in [0.05, 0.1) is 6.61 Å². The second-order valence-corrected chi connectivity index (χ2v) is 4.76. The molecule has 1 N–H and O–H groups in total. The molecule has 0 bridgehead atoms. The number of allylic oxidation sites excluding steroid dienone is 2. The van der Waals surface area contributed by atoms with Crippen LogP contribution in [-0.4, -0.2) is 23.4 Å². The zero-order chi connectivity index (χ0) is 12.9. The van der Waals surface area contributed by atoms with Gasteiger partial charge >= 0.3 is 0 Å². The van der Waals surface area contributed by atoms with Gasteiger partial charge in [0.1, 0.15) is 0 Å². The Bertz CT molecular complexity index is 298. The molecule has 0 heterocycles. The summed E-state index contributed by atoms with van der Waals surface area (Å²) in [7, 11) is 0. The molecule has 0 aromatic rings. The van der Waals surface area contributed by atoms with Crippen LogP contribution < -0.4 is 0 Å². The summed E-state index contributed by atoms with van der Waals surface area (Å²) in [6.07, 6.45) is 4.88. The quantitative estimate of drug-likeness (QED) is 0.337. The molecule has 1 aliphatic rings. The maximum atomic E-state index is 11.6. The predicted molar refractivity (Wildman–Crippen MR) is 64.5 cm³/mol. The first-order valence-electron chi connectivity index (χ1n) is 6.20. The van der Waals surface area contributed by atoms with Crippen molar-refractivity contribution in [3.8, 4) is 0 Å². The first-order chi connectivity index (χ1) is 8.03. The molecule has 0 aromatic carbocycles. The molecule has 0 saturated carbocycles. The summed E-state index contributed by atoms with van der Waals surface area (Å²) >= 11 is 0. The van der Waals surface area contributed by atoms with Crippen LogP contribution in [0.15, 0.2) is 11.6 Å². The molecule has 4 heteroatoms. The number of ketones is 1. The minimum atomic E-state index is -1.08. The van der Waals surface area contributed by atoms with Crippen LogP contribution in [0.2, 0.25) is 0 Å². The Hall–Kier alpha value is -0.710. The molecule has 1 rings (SSSR count). The van der Waals surface area contributed by atoms with Crippen molar-refractivity contribution in [2.24, 2.45) is 5.92 Å². The number of ether oxygens (including phenoxy) is 1. The van der Waals surface area contributed by atoms with Gasteiger partial charge in [-0.15, -0.1) is 0 Å². The fourth-order valence-electron chi connectivity index (χ4n) is 1.94. The predicted octanol–water partition coefficient (Wildman–Crippen LogP) is 2.93. The summed E-state index contributed by atoms with van der Waals surface area (Å²) in [5.41, 5.74) is 0.787. The minimum absolute atomic E-state index is 0.101. The Morgan fingerprint density at radius 2 is 2.29 bits per heavy atom. The molecule has 0 fully saturated rings. The number of unbranched alkanes of at least 4 members (excludes halogenated alkanes) is 1. The second-order valence-electron chi connectivity index (χ2n) is 4.76. The minimum Gasteiger partial charge on any atom is -0.347 e. The lowest BCUT2D eigenvalue weighted by Gasteiger charge is -2.35. The highest BCUT2D eigenvalue weighted by Crippen LogP contribution is 2.33. The molecule has 0 spiro atoms. The van der Waals surface area contributed by atoms with Crippen LogP contribution in [0.25, 0.3) is 0 Å². The molecule has 4 nitrogen and oxygen atoms in total. The van der Waals surface area contributed by atoms with E-state index >= 15 is 0 Å². The fourth-order valence-corrected chi connectivity index (χ4v) is 1.94. The molecule has 98 valence electrons. The van der Waals surface area contributed by atoms with E-state index in [1.807, 2.05) is 13.0 Å². The van der Waals surface area contributed by atoms with Gasteiger partial charge in [0.25, 0.3) is 0 Å². The second kappa shape index (κ2) is 6.28. The van der Waals surface area contributed by atoms with Crippen molar-refractivity contribution >= 4 is 5.78 Å². The number of hydrogen-bond donors (Lipinski definition) is 1. The average Bonchev–Trinajstić information content (AvgIpc) is 2.32. The molecule has 17 heavy (non-hydrogen) atoms. The zero-order valence-corrected chi connectivity index (χ0v) is 10.9. The van der Waals surface area contributed by atoms with Crippen molar-refractivity contribution in [3.63, 3.8) is 0 Å². The summed E-state index contributed by atoms with van der Waals surface area (Å²) < 4.78 is 5.59. The van der Waals surface area contributed by atoms with E-state index in [2.05, 4.69) is 11.8 Å². The lowest BCUT2D eigenvalue weighted by molar-refractivity contribution is -0.413. The molecule has 0 amide bonds. The van der Waals surface area contributed by atoms with E-state index in [0.717, 1.165) is 18.4 Å². The van der Waals surface area contributed by atoms with Gasteiger partial charge in [-0.3, -0.25) is 4.79 Å². The van der Waals surface area contributed by atoms with Crippen molar-refractivity contribution < 1.29 is 19.7 Å². The van der Waals surface area contributed by atoms with Crippen LogP contribution in [0.1, 0.15) is 46.5 Å². The van der Waals surface area contributed by atoms with Crippen molar-refractivity contribution in [3.05, 3.63) is 11.6 Å². The van der Waals surface area contributed by atoms with Crippen molar-refractivity contribution in [1.82, 2.24) is 0 Å². The topological polar surface area (TPSA) is 55.8 Å². The first-order valence-corrected chi connectivity index (χ1v) is 6.20. The Kier molecular flexibility index (Phi) is 5.31. The highest BCUT2D eigenvalue weighted by Gasteiger charge is 2.39. The van der Waals surface area contributed by atoms with E-state index in [-0.39, 0.29) is 11.7 Å². The Balaban J connectivity index is 2.63. The van der Waals surface area contributed by atoms with Crippen LogP contribution in [0.5, 0.6) is 0 Å². The number of carbonyl (C=O) groups is 1. The monoisotopic (exact) mass is 242 g/mol. The van der Waals surface area contributed by atoms with E-state index in [4.69, 9.17) is 9.99 Å². The summed E-state index contributed by atoms with van der Waals surface area (Å²) in [5, 5.41) is 9.03. The Labute approximate surface area is 103 Å². The van der Waals surface area contributed by atoms with Gasteiger partial charge in [-0.05, 0) is 32.3 Å². The summed E-state index contributed by atoms with van der Waals surface area (Å²) in [6, 6.07) is 0. The molecule has 1 unspecified atom stereocenters. The van der Waals surface area contributed by atoms with Crippen molar-refractivity contribution in [1.29, 1.82) is 0 Å². The number of carbonyl (C=O) groups excluding carboxylic acids is 1. The van der Waals surface area contributed by atoms with Crippen LogP contribution in [0.4, 0.5) is 0 Å². The summed E-state index contributed by atoms with van der Waals surface area (Å²) in [5.74, 6) is -1.11. The smallest absolute Gasteiger partial charge is 0.202 e. The Morgan fingerprint density at radius 3 is 2.82 bits per heavy atom. The van der Waals surface area contributed by atoms with Gasteiger partial charge in [-0.2, -0.15) is 0 Å². The lowest BCUT2D eigenvalue weighted by atomic mass is 9.84. The number of rotatable bonds is 6. The SMILES string of the molecule is CCCCOC(C)(OO)[C@@H]1CC=C(C)C(=O)C1. The molecular formula is C13H22O4. The molecule has 0 saturated heterocycles. The van der Waals surface area contributed by atoms with Gasteiger partial charge < -0.3 is 4.74 Å². The standard InChI is InChI=1S/C13H22O4/c1-4-5-8-16-13(3,17-15)11-7-6-10(2)12(14)9-11/h6,11,15H,4-5,7-9H2,1-3H3/t11-,13?/m1/s1. The Morgan fingerprint density at radius 1 is 1.59 bits per heavy atom.